The largest absolute Gasteiger partial charge is 0.485 e. The number of likely N-dealkylation sites (N-methyl/N-ethyl adjacent to an activating group) is 1. The highest BCUT2D eigenvalue weighted by atomic mass is 19.1. The van der Waals surface area contributed by atoms with Crippen LogP contribution in [-0.2, 0) is 10.3 Å². The first-order valence-corrected chi connectivity index (χ1v) is 9.75. The Kier molecular flexibility index (Phi) is 3.72. The molecule has 1 saturated carbocycles. The number of halogens is 1. The molecule has 0 aromatic carbocycles. The number of hydrogen-bond donors (Lipinski definition) is 1. The van der Waals surface area contributed by atoms with E-state index in [1.807, 2.05) is 6.92 Å². The quantitative estimate of drug-likeness (QED) is 0.807. The summed E-state index contributed by atoms with van der Waals surface area (Å²) in [7, 11) is 1.62. The molecule has 7 nitrogen and oxygen atoms in total. The van der Waals surface area contributed by atoms with Crippen LogP contribution in [0.3, 0.4) is 0 Å². The van der Waals surface area contributed by atoms with E-state index in [2.05, 4.69) is 15.0 Å². The predicted molar refractivity (Wildman–Crippen MR) is 104 cm³/mol. The number of carbonyl (C=O) groups excluding carboxylic acids is 1. The molecule has 3 aliphatic rings. The Labute approximate surface area is 167 Å². The van der Waals surface area contributed by atoms with Crippen LogP contribution in [0.5, 0.6) is 5.75 Å². The summed E-state index contributed by atoms with van der Waals surface area (Å²) in [6.07, 6.45) is 6.52. The van der Waals surface area contributed by atoms with Gasteiger partial charge in [0.2, 0.25) is 5.95 Å². The van der Waals surface area contributed by atoms with E-state index in [9.17, 15) is 9.18 Å². The molecular weight excluding hydrogens is 373 g/mol. The van der Waals surface area contributed by atoms with Gasteiger partial charge in [-0.05, 0) is 37.5 Å². The molecule has 2 atom stereocenters. The molecule has 2 aliphatic heterocycles. The smallest absolute Gasteiger partial charge is 0.261 e. The van der Waals surface area contributed by atoms with Gasteiger partial charge in [0.15, 0.2) is 11.5 Å². The van der Waals surface area contributed by atoms with E-state index in [1.54, 1.807) is 31.4 Å². The topological polar surface area (TPSA) is 93.7 Å². The Morgan fingerprint density at radius 2 is 2.17 bits per heavy atom. The molecule has 5 rings (SSSR count). The molecular formula is C21H22FN5O2. The third kappa shape index (κ3) is 2.77. The Morgan fingerprint density at radius 3 is 2.83 bits per heavy atom. The zero-order valence-electron chi connectivity index (χ0n) is 16.4. The lowest BCUT2D eigenvalue weighted by atomic mass is 9.75. The van der Waals surface area contributed by atoms with Crippen LogP contribution in [0.25, 0.3) is 11.3 Å². The Morgan fingerprint density at radius 1 is 1.38 bits per heavy atom. The average molecular weight is 395 g/mol. The highest BCUT2D eigenvalue weighted by molar-refractivity contribution is 6.07. The fourth-order valence-electron chi connectivity index (χ4n) is 4.55. The number of carbonyl (C=O) groups is 1. The summed E-state index contributed by atoms with van der Waals surface area (Å²) in [4.78, 5) is 27.4. The molecule has 150 valence electrons. The van der Waals surface area contributed by atoms with E-state index in [0.717, 1.165) is 6.42 Å². The normalized spacial score (nSPS) is 28.3. The number of rotatable bonds is 3. The van der Waals surface area contributed by atoms with Crippen molar-refractivity contribution in [1.29, 1.82) is 0 Å². The van der Waals surface area contributed by atoms with Crippen molar-refractivity contribution in [1.82, 2.24) is 14.9 Å². The maximum Gasteiger partial charge on any atom is 0.261 e. The highest BCUT2D eigenvalue weighted by Gasteiger charge is 2.57. The van der Waals surface area contributed by atoms with Gasteiger partial charge >= 0.3 is 0 Å². The first kappa shape index (κ1) is 18.0. The van der Waals surface area contributed by atoms with Crippen molar-refractivity contribution >= 4 is 11.9 Å². The number of amides is 1. The van der Waals surface area contributed by atoms with Gasteiger partial charge in [-0.25, -0.2) is 9.98 Å². The molecule has 1 unspecified atom stereocenters. The van der Waals surface area contributed by atoms with Crippen LogP contribution in [0.1, 0.15) is 38.2 Å². The minimum atomic E-state index is -1.19. The molecule has 1 amide bonds. The summed E-state index contributed by atoms with van der Waals surface area (Å²) in [5, 5.41) is 0. The van der Waals surface area contributed by atoms with Crippen LogP contribution in [-0.4, -0.2) is 39.4 Å². The number of aliphatic imine (C=N–C) groups is 1. The van der Waals surface area contributed by atoms with Gasteiger partial charge in [0.25, 0.3) is 5.91 Å². The summed E-state index contributed by atoms with van der Waals surface area (Å²) in [5.74, 6) is 0.439. The Hall–Kier alpha value is -3.03. The van der Waals surface area contributed by atoms with Crippen LogP contribution in [0.4, 0.5) is 4.39 Å². The van der Waals surface area contributed by atoms with Gasteiger partial charge in [-0.2, -0.15) is 4.39 Å². The highest BCUT2D eigenvalue weighted by Crippen LogP contribution is 2.52. The standard InChI is InChI=1S/C21H22FN5O2/c1-20(9-12-5-6-12)11-21(18(28)27(2)19(23)26-21)14-8-15(25-10-16(14)29-20)13-4-3-7-24-17(13)22/h3-4,7-8,10,12H,5-6,9,11H2,1-2H3,(H2,23,26)/t20-,21?/m1/s1. The number of pyridine rings is 2. The number of ether oxygens (including phenoxy) is 1. The van der Waals surface area contributed by atoms with Crippen molar-refractivity contribution in [2.24, 2.45) is 16.6 Å². The number of nitrogens with two attached hydrogens (primary N) is 1. The number of guanidine groups is 1. The zero-order chi connectivity index (χ0) is 20.4. The van der Waals surface area contributed by atoms with E-state index in [4.69, 9.17) is 10.5 Å². The summed E-state index contributed by atoms with van der Waals surface area (Å²) < 4.78 is 20.6. The molecule has 2 N–H and O–H groups in total. The molecule has 0 saturated heterocycles. The van der Waals surface area contributed by atoms with E-state index < -0.39 is 17.1 Å². The number of hydrogen-bond acceptors (Lipinski definition) is 6. The number of nitrogens with zero attached hydrogens (tertiary/aromatic N) is 4. The van der Waals surface area contributed by atoms with Gasteiger partial charge in [0.05, 0.1) is 17.5 Å². The van der Waals surface area contributed by atoms with Crippen molar-refractivity contribution in [3.8, 4) is 17.0 Å². The summed E-state index contributed by atoms with van der Waals surface area (Å²) in [6, 6.07) is 4.92. The first-order valence-electron chi connectivity index (χ1n) is 9.75. The molecule has 4 heterocycles. The van der Waals surface area contributed by atoms with Crippen molar-refractivity contribution in [3.63, 3.8) is 0 Å². The third-order valence-electron chi connectivity index (χ3n) is 6.06. The van der Waals surface area contributed by atoms with Gasteiger partial charge in [-0.15, -0.1) is 0 Å². The molecule has 2 aromatic heterocycles. The van der Waals surface area contributed by atoms with Crippen LogP contribution >= 0.6 is 0 Å². The molecule has 1 fully saturated rings. The Bertz CT molecular complexity index is 1050. The maximum atomic E-state index is 14.2. The first-order chi connectivity index (χ1) is 13.8. The van der Waals surface area contributed by atoms with Crippen molar-refractivity contribution in [3.05, 3.63) is 42.1 Å². The SMILES string of the molecule is CN1C(=O)C2(C[C@@](C)(CC3CC3)Oc3cnc(-c4cccnc4F)cc32)N=C1N. The second-order valence-electron chi connectivity index (χ2n) is 8.48. The predicted octanol–water partition coefficient (Wildman–Crippen LogP) is 2.61. The lowest BCUT2D eigenvalue weighted by Gasteiger charge is -2.43. The van der Waals surface area contributed by atoms with Gasteiger partial charge in [-0.3, -0.25) is 14.7 Å². The van der Waals surface area contributed by atoms with Gasteiger partial charge in [-0.1, -0.05) is 12.8 Å². The molecule has 1 aliphatic carbocycles. The lowest BCUT2D eigenvalue weighted by molar-refractivity contribution is -0.134. The van der Waals surface area contributed by atoms with Crippen LogP contribution in [0.15, 0.2) is 35.6 Å². The van der Waals surface area contributed by atoms with Crippen LogP contribution < -0.4 is 10.5 Å². The van der Waals surface area contributed by atoms with E-state index in [1.165, 1.54) is 23.9 Å². The van der Waals surface area contributed by atoms with Crippen molar-refractivity contribution in [2.45, 2.75) is 43.7 Å². The van der Waals surface area contributed by atoms with Gasteiger partial charge in [0.1, 0.15) is 11.4 Å². The minimum Gasteiger partial charge on any atom is -0.485 e. The van der Waals surface area contributed by atoms with Crippen molar-refractivity contribution < 1.29 is 13.9 Å². The Balaban J connectivity index is 1.68. The van der Waals surface area contributed by atoms with Gasteiger partial charge in [0, 0.05) is 25.2 Å². The number of aromatic nitrogens is 2. The molecule has 0 radical (unpaired) electrons. The van der Waals surface area contributed by atoms with Crippen LogP contribution in [0.2, 0.25) is 0 Å². The van der Waals surface area contributed by atoms with Crippen LogP contribution in [0, 0.1) is 11.9 Å². The van der Waals surface area contributed by atoms with E-state index >= 15 is 0 Å². The fraction of sp³-hybridized carbons (Fsp3) is 0.429. The zero-order valence-corrected chi connectivity index (χ0v) is 16.4. The molecule has 1 spiro atoms. The van der Waals surface area contributed by atoms with Gasteiger partial charge < -0.3 is 10.5 Å². The second-order valence-corrected chi connectivity index (χ2v) is 8.48. The van der Waals surface area contributed by atoms with E-state index in [0.29, 0.717) is 29.3 Å². The van der Waals surface area contributed by atoms with Crippen molar-refractivity contribution in [2.75, 3.05) is 7.05 Å². The summed E-state index contributed by atoms with van der Waals surface area (Å²) in [5.41, 5.74) is 5.49. The summed E-state index contributed by atoms with van der Waals surface area (Å²) in [6.45, 7) is 2.02. The minimum absolute atomic E-state index is 0.169. The molecule has 0 bridgehead atoms. The fourth-order valence-corrected chi connectivity index (χ4v) is 4.55. The second kappa shape index (κ2) is 5.98. The van der Waals surface area contributed by atoms with E-state index in [-0.39, 0.29) is 17.4 Å². The molecule has 2 aromatic rings. The monoisotopic (exact) mass is 395 g/mol. The molecule has 29 heavy (non-hydrogen) atoms. The summed E-state index contributed by atoms with van der Waals surface area (Å²) >= 11 is 0. The lowest BCUT2D eigenvalue weighted by Crippen LogP contribution is -2.50. The molecule has 8 heteroatoms. The number of fused-ring (bicyclic) bond motifs is 2. The maximum absolute atomic E-state index is 14.2. The third-order valence-corrected chi connectivity index (χ3v) is 6.06. The average Bonchev–Trinajstić information content (AvgIpc) is 3.46.